The van der Waals surface area contributed by atoms with Crippen LogP contribution in [0.25, 0.3) is 0 Å². The molecule has 1 aliphatic heterocycles. The van der Waals surface area contributed by atoms with Gasteiger partial charge < -0.3 is 15.4 Å². The van der Waals surface area contributed by atoms with Crippen molar-refractivity contribution in [1.29, 1.82) is 0 Å². The first-order valence-corrected chi connectivity index (χ1v) is 7.44. The van der Waals surface area contributed by atoms with Crippen molar-refractivity contribution in [3.05, 3.63) is 29.3 Å². The average Bonchev–Trinajstić information content (AvgIpc) is 2.98. The van der Waals surface area contributed by atoms with Crippen molar-refractivity contribution >= 4 is 5.91 Å². The smallest absolute Gasteiger partial charge is 0.237 e. The molecule has 0 saturated carbocycles. The van der Waals surface area contributed by atoms with E-state index in [1.807, 2.05) is 25.1 Å². The lowest BCUT2D eigenvalue weighted by atomic mass is 10.1. The normalized spacial score (nSPS) is 18.0. The molecule has 4 heteroatoms. The molecule has 0 aliphatic carbocycles. The second-order valence-electron chi connectivity index (χ2n) is 5.33. The summed E-state index contributed by atoms with van der Waals surface area (Å²) in [5.41, 5.74) is 2.21. The summed E-state index contributed by atoms with van der Waals surface area (Å²) in [6.45, 7) is 6.30. The molecule has 4 nitrogen and oxygen atoms in total. The van der Waals surface area contributed by atoms with Gasteiger partial charge in [-0.2, -0.15) is 0 Å². The van der Waals surface area contributed by atoms with Gasteiger partial charge in [-0.15, -0.1) is 0 Å². The lowest BCUT2D eigenvalue weighted by Crippen LogP contribution is -2.40. The Morgan fingerprint density at radius 2 is 2.35 bits per heavy atom. The first-order chi connectivity index (χ1) is 9.70. The largest absolute Gasteiger partial charge is 0.493 e. The predicted octanol–water partition coefficient (Wildman–Crippen LogP) is 2.15. The molecule has 1 amide bonds. The molecule has 1 heterocycles. The average molecular weight is 276 g/mol. The van der Waals surface area contributed by atoms with Crippen molar-refractivity contribution in [1.82, 2.24) is 10.6 Å². The van der Waals surface area contributed by atoms with Gasteiger partial charge in [-0.3, -0.25) is 4.79 Å². The summed E-state index contributed by atoms with van der Waals surface area (Å²) in [5, 5.41) is 6.20. The Hall–Kier alpha value is -1.55. The van der Waals surface area contributed by atoms with Crippen LogP contribution in [0.2, 0.25) is 0 Å². The highest BCUT2D eigenvalue weighted by Crippen LogP contribution is 2.20. The summed E-state index contributed by atoms with van der Waals surface area (Å²) < 4.78 is 5.76. The van der Waals surface area contributed by atoms with Gasteiger partial charge in [0.2, 0.25) is 5.91 Å². The monoisotopic (exact) mass is 276 g/mol. The molecule has 0 spiro atoms. The molecule has 1 aromatic carbocycles. The Morgan fingerprint density at radius 1 is 1.50 bits per heavy atom. The number of hydrogen-bond donors (Lipinski definition) is 2. The maximum atomic E-state index is 12.0. The number of carbonyl (C=O) groups excluding carboxylic acids is 1. The van der Waals surface area contributed by atoms with Gasteiger partial charge in [-0.1, -0.05) is 19.1 Å². The minimum absolute atomic E-state index is 0.0274. The van der Waals surface area contributed by atoms with Crippen LogP contribution in [0.15, 0.2) is 18.2 Å². The number of amides is 1. The standard InChI is InChI=1S/C16H24N2O2/c1-3-9-20-15-10-12(2)6-7-13(15)11-18-16(19)14-5-4-8-17-14/h6-7,10,14,17H,3-5,8-9,11H2,1-2H3,(H,18,19). The minimum atomic E-state index is -0.0274. The van der Waals surface area contributed by atoms with Gasteiger partial charge in [0.05, 0.1) is 12.6 Å². The molecule has 0 radical (unpaired) electrons. The van der Waals surface area contributed by atoms with Crippen molar-refractivity contribution in [2.75, 3.05) is 13.2 Å². The molecule has 1 aromatic rings. The summed E-state index contributed by atoms with van der Waals surface area (Å²) in [5.74, 6) is 0.969. The zero-order valence-corrected chi connectivity index (χ0v) is 12.4. The summed E-state index contributed by atoms with van der Waals surface area (Å²) in [6.07, 6.45) is 2.98. The summed E-state index contributed by atoms with van der Waals surface area (Å²) in [4.78, 5) is 12.0. The molecule has 0 aromatic heterocycles. The fourth-order valence-electron chi connectivity index (χ4n) is 2.37. The number of nitrogens with one attached hydrogen (secondary N) is 2. The van der Waals surface area contributed by atoms with Crippen molar-refractivity contribution in [3.63, 3.8) is 0 Å². The van der Waals surface area contributed by atoms with E-state index in [-0.39, 0.29) is 11.9 Å². The van der Waals surface area contributed by atoms with Gasteiger partial charge in [0.1, 0.15) is 5.75 Å². The van der Waals surface area contributed by atoms with Crippen LogP contribution in [-0.2, 0) is 11.3 Å². The number of aryl methyl sites for hydroxylation is 1. The summed E-state index contributed by atoms with van der Waals surface area (Å²) >= 11 is 0. The third kappa shape index (κ3) is 3.97. The summed E-state index contributed by atoms with van der Waals surface area (Å²) in [6, 6.07) is 6.09. The van der Waals surface area contributed by atoms with E-state index in [0.29, 0.717) is 13.2 Å². The van der Waals surface area contributed by atoms with Gasteiger partial charge in [-0.05, 0) is 44.4 Å². The fourth-order valence-corrected chi connectivity index (χ4v) is 2.37. The molecule has 1 unspecified atom stereocenters. The molecular formula is C16H24N2O2. The molecule has 1 saturated heterocycles. The topological polar surface area (TPSA) is 50.4 Å². The van der Waals surface area contributed by atoms with Gasteiger partial charge >= 0.3 is 0 Å². The molecule has 1 atom stereocenters. The minimum Gasteiger partial charge on any atom is -0.493 e. The lowest BCUT2D eigenvalue weighted by molar-refractivity contribution is -0.122. The van der Waals surface area contributed by atoms with Crippen LogP contribution < -0.4 is 15.4 Å². The zero-order valence-electron chi connectivity index (χ0n) is 12.4. The first-order valence-electron chi connectivity index (χ1n) is 7.44. The van der Waals surface area contributed by atoms with E-state index in [1.54, 1.807) is 0 Å². The highest BCUT2D eigenvalue weighted by molar-refractivity contribution is 5.82. The van der Waals surface area contributed by atoms with E-state index in [0.717, 1.165) is 37.1 Å². The molecule has 0 bridgehead atoms. The van der Waals surface area contributed by atoms with Crippen LogP contribution in [0.3, 0.4) is 0 Å². The van der Waals surface area contributed by atoms with Crippen LogP contribution in [0, 0.1) is 6.92 Å². The van der Waals surface area contributed by atoms with Crippen molar-refractivity contribution < 1.29 is 9.53 Å². The van der Waals surface area contributed by atoms with Crippen molar-refractivity contribution in [3.8, 4) is 5.75 Å². The second-order valence-corrected chi connectivity index (χ2v) is 5.33. The van der Waals surface area contributed by atoms with E-state index in [1.165, 1.54) is 5.56 Å². The number of ether oxygens (including phenoxy) is 1. The molecule has 1 fully saturated rings. The Kier molecular flexibility index (Phi) is 5.41. The maximum absolute atomic E-state index is 12.0. The number of rotatable bonds is 6. The molecule has 2 rings (SSSR count). The van der Waals surface area contributed by atoms with Crippen LogP contribution in [-0.4, -0.2) is 25.1 Å². The second kappa shape index (κ2) is 7.29. The number of carbonyl (C=O) groups is 1. The number of hydrogen-bond acceptors (Lipinski definition) is 3. The van der Waals surface area contributed by atoms with Crippen molar-refractivity contribution in [2.24, 2.45) is 0 Å². The highest BCUT2D eigenvalue weighted by Gasteiger charge is 2.21. The summed E-state index contributed by atoms with van der Waals surface area (Å²) in [7, 11) is 0. The molecule has 110 valence electrons. The van der Waals surface area contributed by atoms with E-state index >= 15 is 0 Å². The maximum Gasteiger partial charge on any atom is 0.237 e. The van der Waals surface area contributed by atoms with Gasteiger partial charge in [0, 0.05) is 12.1 Å². The van der Waals surface area contributed by atoms with Gasteiger partial charge in [0.25, 0.3) is 0 Å². The number of benzene rings is 1. The Labute approximate surface area is 120 Å². The predicted molar refractivity (Wildman–Crippen MR) is 79.8 cm³/mol. The third-order valence-electron chi connectivity index (χ3n) is 3.51. The van der Waals surface area contributed by atoms with E-state index in [2.05, 4.69) is 17.6 Å². The van der Waals surface area contributed by atoms with Crippen LogP contribution in [0.4, 0.5) is 0 Å². The van der Waals surface area contributed by atoms with Gasteiger partial charge in [-0.25, -0.2) is 0 Å². The van der Waals surface area contributed by atoms with E-state index in [9.17, 15) is 4.79 Å². The molecule has 1 aliphatic rings. The third-order valence-corrected chi connectivity index (χ3v) is 3.51. The highest BCUT2D eigenvalue weighted by atomic mass is 16.5. The Morgan fingerprint density at radius 3 is 3.05 bits per heavy atom. The van der Waals surface area contributed by atoms with Crippen LogP contribution >= 0.6 is 0 Å². The van der Waals surface area contributed by atoms with Crippen LogP contribution in [0.5, 0.6) is 5.75 Å². The molecule has 20 heavy (non-hydrogen) atoms. The quantitative estimate of drug-likeness (QED) is 0.837. The van der Waals surface area contributed by atoms with E-state index in [4.69, 9.17) is 4.74 Å². The van der Waals surface area contributed by atoms with Gasteiger partial charge in [0.15, 0.2) is 0 Å². The SMILES string of the molecule is CCCOc1cc(C)ccc1CNC(=O)C1CCCN1. The van der Waals surface area contributed by atoms with Crippen molar-refractivity contribution in [2.45, 2.75) is 45.7 Å². The molecular weight excluding hydrogens is 252 g/mol. The van der Waals surface area contributed by atoms with E-state index < -0.39 is 0 Å². The first kappa shape index (κ1) is 14.9. The Balaban J connectivity index is 1.95. The molecule has 2 N–H and O–H groups in total. The lowest BCUT2D eigenvalue weighted by Gasteiger charge is -2.14. The zero-order chi connectivity index (χ0) is 14.4. The fraction of sp³-hybridized carbons (Fsp3) is 0.562. The Bertz CT molecular complexity index is 454. The van der Waals surface area contributed by atoms with Crippen LogP contribution in [0.1, 0.15) is 37.3 Å².